The average Bonchev–Trinajstić information content (AvgIpc) is 3.01. The number of fused-ring (bicyclic) bond motifs is 2. The van der Waals surface area contributed by atoms with Crippen molar-refractivity contribution in [1.82, 2.24) is 14.4 Å². The molecule has 112 valence electrons. The molecular formula is C15H22N6. The van der Waals surface area contributed by atoms with Crippen LogP contribution in [0.1, 0.15) is 32.1 Å². The molecule has 0 spiro atoms. The van der Waals surface area contributed by atoms with Gasteiger partial charge in [0.25, 0.3) is 0 Å². The normalized spacial score (nSPS) is 25.9. The van der Waals surface area contributed by atoms with E-state index < -0.39 is 0 Å². The van der Waals surface area contributed by atoms with E-state index in [-0.39, 0.29) is 0 Å². The molecule has 1 saturated carbocycles. The summed E-state index contributed by atoms with van der Waals surface area (Å²) < 4.78 is 1.99. The Morgan fingerprint density at radius 3 is 2.90 bits per heavy atom. The predicted octanol–water partition coefficient (Wildman–Crippen LogP) is 2.03. The molecule has 2 fully saturated rings. The maximum absolute atomic E-state index is 5.55. The number of nitrogens with zero attached hydrogens (tertiary/aromatic N) is 4. The number of rotatable bonds is 2. The lowest BCUT2D eigenvalue weighted by molar-refractivity contribution is 0.202. The highest BCUT2D eigenvalue weighted by molar-refractivity contribution is 5.67. The van der Waals surface area contributed by atoms with Crippen LogP contribution in [0.15, 0.2) is 18.6 Å². The number of aromatic nitrogens is 3. The first-order chi connectivity index (χ1) is 10.3. The number of nitrogens with one attached hydrogen (secondary N) is 1. The lowest BCUT2D eigenvalue weighted by atomic mass is 9.75. The summed E-state index contributed by atoms with van der Waals surface area (Å²) in [7, 11) is 0. The first kappa shape index (κ1) is 12.9. The standard InChI is InChI=1S/C15H22N6/c16-19-13-10-21-8-6-17-14(21)15(18-13)20-7-5-11-3-1-2-4-12(11)9-20/h6,8,10-12,19H,1-5,7,9,16H2. The molecule has 3 heterocycles. The van der Waals surface area contributed by atoms with Crippen LogP contribution in [0.3, 0.4) is 0 Å². The molecule has 4 rings (SSSR count). The maximum Gasteiger partial charge on any atom is 0.180 e. The molecule has 2 unspecified atom stereocenters. The molecule has 1 aliphatic carbocycles. The van der Waals surface area contributed by atoms with Crippen LogP contribution in [0.2, 0.25) is 0 Å². The van der Waals surface area contributed by atoms with Gasteiger partial charge < -0.3 is 14.7 Å². The molecule has 0 aromatic carbocycles. The van der Waals surface area contributed by atoms with Crippen LogP contribution in [-0.2, 0) is 0 Å². The van der Waals surface area contributed by atoms with Crippen molar-refractivity contribution in [3.63, 3.8) is 0 Å². The third kappa shape index (κ3) is 2.23. The Morgan fingerprint density at radius 2 is 2.05 bits per heavy atom. The van der Waals surface area contributed by atoms with E-state index in [0.717, 1.165) is 36.4 Å². The Labute approximate surface area is 124 Å². The number of nitrogen functional groups attached to an aromatic ring is 1. The monoisotopic (exact) mass is 286 g/mol. The fourth-order valence-corrected chi connectivity index (χ4v) is 3.99. The third-order valence-corrected chi connectivity index (χ3v) is 5.09. The molecule has 6 heteroatoms. The number of imidazole rings is 1. The van der Waals surface area contributed by atoms with Gasteiger partial charge in [-0.05, 0) is 24.7 Å². The SMILES string of the molecule is NNc1cn2ccnc2c(N2CCC3CCCCC3C2)n1. The number of hydrogen-bond acceptors (Lipinski definition) is 5. The molecule has 2 aromatic rings. The largest absolute Gasteiger partial charge is 0.353 e. The van der Waals surface area contributed by atoms with E-state index in [9.17, 15) is 0 Å². The molecule has 1 saturated heterocycles. The molecule has 2 aliphatic rings. The average molecular weight is 286 g/mol. The minimum atomic E-state index is 0.682. The van der Waals surface area contributed by atoms with Gasteiger partial charge in [-0.2, -0.15) is 0 Å². The molecule has 6 nitrogen and oxygen atoms in total. The summed E-state index contributed by atoms with van der Waals surface area (Å²) in [5.74, 6) is 8.93. The second kappa shape index (κ2) is 5.18. The molecule has 3 N–H and O–H groups in total. The van der Waals surface area contributed by atoms with Crippen LogP contribution in [0, 0.1) is 11.8 Å². The van der Waals surface area contributed by atoms with Gasteiger partial charge in [0.2, 0.25) is 0 Å². The van der Waals surface area contributed by atoms with Crippen molar-refractivity contribution < 1.29 is 0 Å². The number of hydrogen-bond donors (Lipinski definition) is 2. The second-order valence-corrected chi connectivity index (χ2v) is 6.29. The van der Waals surface area contributed by atoms with E-state index >= 15 is 0 Å². The van der Waals surface area contributed by atoms with E-state index in [1.165, 1.54) is 32.1 Å². The van der Waals surface area contributed by atoms with Crippen LogP contribution in [-0.4, -0.2) is 27.5 Å². The highest BCUT2D eigenvalue weighted by Gasteiger charge is 2.32. The zero-order valence-electron chi connectivity index (χ0n) is 12.2. The van der Waals surface area contributed by atoms with Crippen LogP contribution >= 0.6 is 0 Å². The minimum Gasteiger partial charge on any atom is -0.353 e. The molecule has 1 aliphatic heterocycles. The highest BCUT2D eigenvalue weighted by Crippen LogP contribution is 2.37. The van der Waals surface area contributed by atoms with Gasteiger partial charge in [-0.15, -0.1) is 0 Å². The van der Waals surface area contributed by atoms with Crippen molar-refractivity contribution in [1.29, 1.82) is 0 Å². The fourth-order valence-electron chi connectivity index (χ4n) is 3.99. The van der Waals surface area contributed by atoms with E-state index in [0.29, 0.717) is 5.82 Å². The van der Waals surface area contributed by atoms with Crippen molar-refractivity contribution in [3.05, 3.63) is 18.6 Å². The molecular weight excluding hydrogens is 264 g/mol. The summed E-state index contributed by atoms with van der Waals surface area (Å²) in [6.07, 6.45) is 12.5. The topological polar surface area (TPSA) is 71.5 Å². The predicted molar refractivity (Wildman–Crippen MR) is 83.1 cm³/mol. The van der Waals surface area contributed by atoms with E-state index in [1.807, 2.05) is 23.0 Å². The van der Waals surface area contributed by atoms with Gasteiger partial charge in [0.15, 0.2) is 17.3 Å². The Kier molecular flexibility index (Phi) is 3.18. The van der Waals surface area contributed by atoms with Crippen molar-refractivity contribution >= 4 is 17.3 Å². The molecule has 2 atom stereocenters. The van der Waals surface area contributed by atoms with Crippen LogP contribution in [0.25, 0.3) is 5.65 Å². The summed E-state index contributed by atoms with van der Waals surface area (Å²) in [4.78, 5) is 11.5. The van der Waals surface area contributed by atoms with Crippen LogP contribution in [0.4, 0.5) is 11.6 Å². The molecule has 0 bridgehead atoms. The van der Waals surface area contributed by atoms with Crippen molar-refractivity contribution in [2.45, 2.75) is 32.1 Å². The lowest BCUT2D eigenvalue weighted by Gasteiger charge is -2.41. The molecule has 0 amide bonds. The maximum atomic E-state index is 5.55. The number of anilines is 2. The summed E-state index contributed by atoms with van der Waals surface area (Å²) >= 11 is 0. The van der Waals surface area contributed by atoms with Gasteiger partial charge in [0.05, 0.1) is 6.20 Å². The fraction of sp³-hybridized carbons (Fsp3) is 0.600. The van der Waals surface area contributed by atoms with Gasteiger partial charge in [-0.3, -0.25) is 0 Å². The van der Waals surface area contributed by atoms with Gasteiger partial charge in [0, 0.05) is 25.5 Å². The smallest absolute Gasteiger partial charge is 0.180 e. The van der Waals surface area contributed by atoms with Gasteiger partial charge in [-0.1, -0.05) is 19.3 Å². The van der Waals surface area contributed by atoms with Crippen molar-refractivity contribution in [2.24, 2.45) is 17.7 Å². The van der Waals surface area contributed by atoms with Crippen LogP contribution in [0.5, 0.6) is 0 Å². The Balaban J connectivity index is 1.67. The van der Waals surface area contributed by atoms with Gasteiger partial charge in [-0.25, -0.2) is 15.8 Å². The number of piperidine rings is 1. The zero-order chi connectivity index (χ0) is 14.2. The van der Waals surface area contributed by atoms with Gasteiger partial charge in [0.1, 0.15) is 0 Å². The first-order valence-electron chi connectivity index (χ1n) is 7.90. The Bertz CT molecular complexity index is 636. The highest BCUT2D eigenvalue weighted by atomic mass is 15.3. The summed E-state index contributed by atoms with van der Waals surface area (Å²) in [5, 5.41) is 0. The van der Waals surface area contributed by atoms with Gasteiger partial charge >= 0.3 is 0 Å². The molecule has 2 aromatic heterocycles. The summed E-state index contributed by atoms with van der Waals surface area (Å²) in [6.45, 7) is 2.18. The second-order valence-electron chi connectivity index (χ2n) is 6.29. The van der Waals surface area contributed by atoms with Crippen molar-refractivity contribution in [3.8, 4) is 0 Å². The van der Waals surface area contributed by atoms with E-state index in [2.05, 4.69) is 20.3 Å². The zero-order valence-corrected chi connectivity index (χ0v) is 12.2. The summed E-state index contributed by atoms with van der Waals surface area (Å²) in [6, 6.07) is 0. The third-order valence-electron chi connectivity index (χ3n) is 5.09. The molecule has 0 radical (unpaired) electrons. The summed E-state index contributed by atoms with van der Waals surface area (Å²) in [5.41, 5.74) is 3.58. The number of nitrogens with two attached hydrogens (primary N) is 1. The first-order valence-corrected chi connectivity index (χ1v) is 7.90. The lowest BCUT2D eigenvalue weighted by Crippen LogP contribution is -2.42. The Morgan fingerprint density at radius 1 is 1.19 bits per heavy atom. The Hall–Kier alpha value is -1.82. The minimum absolute atomic E-state index is 0.682. The molecule has 21 heavy (non-hydrogen) atoms. The number of hydrazine groups is 1. The quantitative estimate of drug-likeness (QED) is 0.653. The van der Waals surface area contributed by atoms with Crippen LogP contribution < -0.4 is 16.2 Å². The van der Waals surface area contributed by atoms with E-state index in [1.54, 1.807) is 0 Å². The van der Waals surface area contributed by atoms with E-state index in [4.69, 9.17) is 5.84 Å². The van der Waals surface area contributed by atoms with Crippen molar-refractivity contribution in [2.75, 3.05) is 23.4 Å².